The molecule has 1 aliphatic heterocycles. The number of aryl methyl sites for hydroxylation is 1. The Morgan fingerprint density at radius 1 is 1.08 bits per heavy atom. The van der Waals surface area contributed by atoms with Gasteiger partial charge in [-0.15, -0.1) is 0 Å². The Bertz CT molecular complexity index is 1190. The molecule has 7 heteroatoms. The lowest BCUT2D eigenvalue weighted by atomic mass is 9.86. The van der Waals surface area contributed by atoms with E-state index in [1.165, 1.54) is 11.8 Å². The Morgan fingerprint density at radius 3 is 2.44 bits per heavy atom. The third-order valence-electron chi connectivity index (χ3n) is 6.97. The number of hydrogen-bond donors (Lipinski definition) is 1. The molecule has 3 aromatic rings. The number of nitrogens with one attached hydrogen (secondary N) is 1. The molecule has 0 unspecified atom stereocenters. The van der Waals surface area contributed by atoms with E-state index in [1.54, 1.807) is 7.11 Å². The van der Waals surface area contributed by atoms with Crippen LogP contribution in [0.3, 0.4) is 0 Å². The summed E-state index contributed by atoms with van der Waals surface area (Å²) in [5.41, 5.74) is 4.23. The van der Waals surface area contributed by atoms with Gasteiger partial charge in [0.05, 0.1) is 19.3 Å². The van der Waals surface area contributed by atoms with Gasteiger partial charge in [0, 0.05) is 31.0 Å². The van der Waals surface area contributed by atoms with Crippen molar-refractivity contribution in [2.45, 2.75) is 53.0 Å². The molecule has 0 spiro atoms. The fourth-order valence-electron chi connectivity index (χ4n) is 4.59. The Labute approximate surface area is 214 Å². The molecule has 1 fully saturated rings. The van der Waals surface area contributed by atoms with E-state index in [0.29, 0.717) is 11.9 Å². The Balaban J connectivity index is 1.58. The van der Waals surface area contributed by atoms with E-state index in [0.717, 1.165) is 42.3 Å². The Hall–Kier alpha value is -3.35. The molecular weight excluding hydrogens is 453 g/mol. The van der Waals surface area contributed by atoms with E-state index in [1.807, 2.05) is 19.1 Å². The van der Waals surface area contributed by atoms with Gasteiger partial charge in [-0.2, -0.15) is 4.98 Å². The molecule has 0 saturated carbocycles. The van der Waals surface area contributed by atoms with Crippen LogP contribution in [0, 0.1) is 18.7 Å². The van der Waals surface area contributed by atoms with Crippen molar-refractivity contribution in [1.29, 1.82) is 0 Å². The van der Waals surface area contributed by atoms with Gasteiger partial charge in [0.2, 0.25) is 5.95 Å². The van der Waals surface area contributed by atoms with E-state index >= 15 is 0 Å². The zero-order valence-corrected chi connectivity index (χ0v) is 22.5. The molecule has 0 aliphatic carbocycles. The molecule has 36 heavy (non-hydrogen) atoms. The average molecular weight is 492 g/mol. The second-order valence-electron chi connectivity index (χ2n) is 10.9. The lowest BCUT2D eigenvalue weighted by Gasteiger charge is -2.44. The number of ether oxygens (including phenoxy) is 1. The van der Waals surface area contributed by atoms with Crippen LogP contribution in [-0.2, 0) is 5.41 Å². The number of anilines is 4. The van der Waals surface area contributed by atoms with Crippen molar-refractivity contribution in [3.63, 3.8) is 0 Å². The molecule has 1 aliphatic rings. The van der Waals surface area contributed by atoms with E-state index < -0.39 is 5.82 Å². The topological polar surface area (TPSA) is 53.5 Å². The lowest BCUT2D eigenvalue weighted by molar-refractivity contribution is 0.410. The molecule has 6 nitrogen and oxygen atoms in total. The van der Waals surface area contributed by atoms with Crippen LogP contribution >= 0.6 is 0 Å². The van der Waals surface area contributed by atoms with Crippen molar-refractivity contribution in [3.8, 4) is 5.75 Å². The van der Waals surface area contributed by atoms with Crippen molar-refractivity contribution < 1.29 is 9.13 Å². The van der Waals surface area contributed by atoms with Crippen LogP contribution in [-0.4, -0.2) is 42.8 Å². The predicted molar refractivity (Wildman–Crippen MR) is 146 cm³/mol. The Kier molecular flexibility index (Phi) is 7.38. The summed E-state index contributed by atoms with van der Waals surface area (Å²) in [5.74, 6) is 1.51. The molecule has 192 valence electrons. The van der Waals surface area contributed by atoms with Crippen LogP contribution in [0.2, 0.25) is 0 Å². The average Bonchev–Trinajstić information content (AvgIpc) is 2.85. The lowest BCUT2D eigenvalue weighted by Crippen LogP contribution is -2.56. The summed E-state index contributed by atoms with van der Waals surface area (Å²) in [5, 5.41) is 3.25. The molecule has 1 aromatic heterocycles. The van der Waals surface area contributed by atoms with Gasteiger partial charge >= 0.3 is 0 Å². The standard InChI is InChI=1S/C29H38FN5O/c1-19(2)26-18-34(22-10-12-23(36-7)13-11-22)14-15-35(26)28-31-17-24(30)27(33-28)32-25-16-21(29(4,5)6)9-8-20(25)3/h8-13,16-17,19,26H,14-15,18H2,1-7H3,(H,31,32,33)/t26-/m1/s1. The van der Waals surface area contributed by atoms with Gasteiger partial charge in [0.1, 0.15) is 5.75 Å². The maximum absolute atomic E-state index is 14.9. The first-order chi connectivity index (χ1) is 17.1. The van der Waals surface area contributed by atoms with Crippen molar-refractivity contribution in [1.82, 2.24) is 9.97 Å². The highest BCUT2D eigenvalue weighted by molar-refractivity contribution is 5.63. The number of benzene rings is 2. The van der Waals surface area contributed by atoms with Crippen LogP contribution in [0.15, 0.2) is 48.7 Å². The zero-order chi connectivity index (χ0) is 26.0. The maximum Gasteiger partial charge on any atom is 0.227 e. The third kappa shape index (κ3) is 5.55. The normalized spacial score (nSPS) is 16.4. The largest absolute Gasteiger partial charge is 0.497 e. The molecule has 0 amide bonds. The summed E-state index contributed by atoms with van der Waals surface area (Å²) < 4.78 is 20.2. The summed E-state index contributed by atoms with van der Waals surface area (Å²) >= 11 is 0. The minimum Gasteiger partial charge on any atom is -0.497 e. The molecule has 1 N–H and O–H groups in total. The summed E-state index contributed by atoms with van der Waals surface area (Å²) in [7, 11) is 1.68. The fourth-order valence-corrected chi connectivity index (χ4v) is 4.59. The number of rotatable bonds is 6. The highest BCUT2D eigenvalue weighted by Gasteiger charge is 2.31. The fraction of sp³-hybridized carbons (Fsp3) is 0.448. The minimum absolute atomic E-state index is 0.00640. The van der Waals surface area contributed by atoms with Crippen molar-refractivity contribution in [2.24, 2.45) is 5.92 Å². The molecule has 4 rings (SSSR count). The summed E-state index contributed by atoms with van der Waals surface area (Å²) in [4.78, 5) is 13.7. The van der Waals surface area contributed by atoms with Gasteiger partial charge in [-0.25, -0.2) is 9.37 Å². The van der Waals surface area contributed by atoms with E-state index in [4.69, 9.17) is 4.74 Å². The predicted octanol–water partition coefficient (Wildman–Crippen LogP) is 6.33. The number of hydrogen-bond acceptors (Lipinski definition) is 6. The first-order valence-corrected chi connectivity index (χ1v) is 12.6. The van der Waals surface area contributed by atoms with Crippen molar-refractivity contribution in [2.75, 3.05) is 41.9 Å². The summed E-state index contributed by atoms with van der Waals surface area (Å²) in [6, 6.07) is 14.6. The van der Waals surface area contributed by atoms with Crippen LogP contribution < -0.4 is 19.9 Å². The maximum atomic E-state index is 14.9. The van der Waals surface area contributed by atoms with Crippen molar-refractivity contribution in [3.05, 3.63) is 65.6 Å². The SMILES string of the molecule is COc1ccc(N2CCN(c3ncc(F)c(Nc4cc(C(C)(C)C)ccc4C)n3)[C@@H](C(C)C)C2)cc1. The third-order valence-corrected chi connectivity index (χ3v) is 6.97. The first-order valence-electron chi connectivity index (χ1n) is 12.6. The van der Waals surface area contributed by atoms with Gasteiger partial charge in [-0.3, -0.25) is 0 Å². The van der Waals surface area contributed by atoms with Gasteiger partial charge in [-0.05, 0) is 59.7 Å². The summed E-state index contributed by atoms with van der Waals surface area (Å²) in [6.07, 6.45) is 1.28. The van der Waals surface area contributed by atoms with E-state index in [2.05, 4.69) is 90.0 Å². The van der Waals surface area contributed by atoms with Crippen molar-refractivity contribution >= 4 is 23.1 Å². The van der Waals surface area contributed by atoms with Crippen LogP contribution in [0.5, 0.6) is 5.75 Å². The quantitative estimate of drug-likeness (QED) is 0.435. The minimum atomic E-state index is -0.461. The number of halogens is 1. The number of aromatic nitrogens is 2. The van der Waals surface area contributed by atoms with Gasteiger partial charge in [-0.1, -0.05) is 46.8 Å². The van der Waals surface area contributed by atoms with E-state index in [9.17, 15) is 4.39 Å². The van der Waals surface area contributed by atoms with Crippen LogP contribution in [0.4, 0.5) is 27.5 Å². The second-order valence-corrected chi connectivity index (χ2v) is 10.9. The molecule has 1 atom stereocenters. The van der Waals surface area contributed by atoms with Crippen LogP contribution in [0.25, 0.3) is 0 Å². The zero-order valence-electron chi connectivity index (χ0n) is 22.5. The highest BCUT2D eigenvalue weighted by atomic mass is 19.1. The highest BCUT2D eigenvalue weighted by Crippen LogP contribution is 2.31. The molecule has 0 bridgehead atoms. The van der Waals surface area contributed by atoms with Gasteiger partial charge in [0.15, 0.2) is 11.6 Å². The number of methoxy groups -OCH3 is 1. The Morgan fingerprint density at radius 2 is 1.81 bits per heavy atom. The van der Waals surface area contributed by atoms with E-state index in [-0.39, 0.29) is 17.3 Å². The molecule has 1 saturated heterocycles. The first kappa shape index (κ1) is 25.7. The summed E-state index contributed by atoms with van der Waals surface area (Å²) in [6.45, 7) is 15.3. The second kappa shape index (κ2) is 10.3. The van der Waals surface area contributed by atoms with Gasteiger partial charge in [0.25, 0.3) is 0 Å². The van der Waals surface area contributed by atoms with Crippen LogP contribution in [0.1, 0.15) is 45.7 Å². The number of nitrogens with zero attached hydrogens (tertiary/aromatic N) is 4. The smallest absolute Gasteiger partial charge is 0.227 e. The molecule has 2 aromatic carbocycles. The molecule has 2 heterocycles. The molecule has 0 radical (unpaired) electrons. The monoisotopic (exact) mass is 491 g/mol. The molecular formula is C29H38FN5O. The number of piperazine rings is 1. The van der Waals surface area contributed by atoms with Gasteiger partial charge < -0.3 is 19.9 Å².